The van der Waals surface area contributed by atoms with Crippen LogP contribution < -0.4 is 10.6 Å². The molecule has 1 aromatic carbocycles. The van der Waals surface area contributed by atoms with Crippen LogP contribution in [-0.4, -0.2) is 48.7 Å². The molecule has 0 atom stereocenters. The molecule has 112 valence electrons. The minimum Gasteiger partial charge on any atom is -0.397 e. The first-order chi connectivity index (χ1) is 9.15. The van der Waals surface area contributed by atoms with Crippen molar-refractivity contribution in [3.63, 3.8) is 0 Å². The zero-order valence-corrected chi connectivity index (χ0v) is 13.0. The van der Waals surface area contributed by atoms with Crippen molar-refractivity contribution in [2.24, 2.45) is 0 Å². The van der Waals surface area contributed by atoms with Crippen molar-refractivity contribution in [1.82, 2.24) is 4.90 Å². The molecule has 0 spiro atoms. The van der Waals surface area contributed by atoms with Gasteiger partial charge in [0.1, 0.15) is 0 Å². The molecule has 0 aliphatic heterocycles. The molecule has 0 bridgehead atoms. The van der Waals surface area contributed by atoms with Gasteiger partial charge in [-0.1, -0.05) is 0 Å². The minimum absolute atomic E-state index is 0.0752. The molecule has 5 heteroatoms. The van der Waals surface area contributed by atoms with Gasteiger partial charge in [0, 0.05) is 32.7 Å². The summed E-state index contributed by atoms with van der Waals surface area (Å²) in [6.45, 7) is 6.74. The average Bonchev–Trinajstić information content (AvgIpc) is 2.34. The molecule has 0 heterocycles. The molecular weight excluding hydrogens is 254 g/mol. The van der Waals surface area contributed by atoms with Crippen molar-refractivity contribution >= 4 is 17.3 Å². The number of aliphatic hydroxyl groups is 1. The summed E-state index contributed by atoms with van der Waals surface area (Å²) in [5, 5.41) is 9.94. The molecule has 0 saturated carbocycles. The van der Waals surface area contributed by atoms with Crippen molar-refractivity contribution in [1.29, 1.82) is 0 Å². The van der Waals surface area contributed by atoms with E-state index in [1.807, 2.05) is 17.9 Å². The smallest absolute Gasteiger partial charge is 0.253 e. The van der Waals surface area contributed by atoms with Crippen LogP contribution in [-0.2, 0) is 0 Å². The van der Waals surface area contributed by atoms with Crippen molar-refractivity contribution < 1.29 is 9.90 Å². The van der Waals surface area contributed by atoms with E-state index in [2.05, 4.69) is 0 Å². The van der Waals surface area contributed by atoms with Gasteiger partial charge in [0.2, 0.25) is 0 Å². The Labute approximate surface area is 121 Å². The predicted molar refractivity (Wildman–Crippen MR) is 83.1 cm³/mol. The Balaban J connectivity index is 3.05. The molecule has 0 unspecified atom stereocenters. The highest BCUT2D eigenvalue weighted by atomic mass is 16.3. The molecule has 3 N–H and O–H groups in total. The van der Waals surface area contributed by atoms with E-state index in [4.69, 9.17) is 5.73 Å². The third kappa shape index (κ3) is 4.13. The number of hydrogen-bond donors (Lipinski definition) is 2. The second kappa shape index (κ2) is 6.13. The summed E-state index contributed by atoms with van der Waals surface area (Å²) in [6, 6.07) is 5.28. The number of carbonyl (C=O) groups excluding carboxylic acids is 1. The summed E-state index contributed by atoms with van der Waals surface area (Å²) in [4.78, 5) is 15.4. The summed E-state index contributed by atoms with van der Waals surface area (Å²) in [5.74, 6) is -0.0752. The summed E-state index contributed by atoms with van der Waals surface area (Å²) >= 11 is 0. The van der Waals surface area contributed by atoms with Crippen LogP contribution in [0.3, 0.4) is 0 Å². The molecule has 0 aromatic heterocycles. The quantitative estimate of drug-likeness (QED) is 0.803. The fraction of sp³-hybridized carbons (Fsp3) is 0.533. The van der Waals surface area contributed by atoms with Gasteiger partial charge >= 0.3 is 0 Å². The maximum atomic E-state index is 11.9. The van der Waals surface area contributed by atoms with Crippen molar-refractivity contribution in [2.75, 3.05) is 37.8 Å². The van der Waals surface area contributed by atoms with E-state index in [1.165, 1.54) is 4.90 Å². The van der Waals surface area contributed by atoms with E-state index >= 15 is 0 Å². The topological polar surface area (TPSA) is 69.8 Å². The molecule has 1 rings (SSSR count). The molecule has 0 radical (unpaired) electrons. The number of anilines is 2. The summed E-state index contributed by atoms with van der Waals surface area (Å²) < 4.78 is 0. The third-order valence-corrected chi connectivity index (χ3v) is 2.98. The van der Waals surface area contributed by atoms with Crippen LogP contribution in [0, 0.1) is 0 Å². The molecule has 0 aliphatic rings. The maximum Gasteiger partial charge on any atom is 0.253 e. The van der Waals surface area contributed by atoms with Gasteiger partial charge in [0.25, 0.3) is 5.91 Å². The second-order valence-corrected chi connectivity index (χ2v) is 5.80. The molecule has 5 nitrogen and oxygen atoms in total. The highest BCUT2D eigenvalue weighted by Gasteiger charge is 2.20. The lowest BCUT2D eigenvalue weighted by Crippen LogP contribution is -2.39. The highest BCUT2D eigenvalue weighted by Crippen LogP contribution is 2.26. The highest BCUT2D eigenvalue weighted by molar-refractivity contribution is 5.95. The molecular formula is C15H25N3O2. The number of hydrogen-bond acceptors (Lipinski definition) is 4. The summed E-state index contributed by atoms with van der Waals surface area (Å²) in [5.41, 5.74) is 7.20. The van der Waals surface area contributed by atoms with Gasteiger partial charge in [-0.2, -0.15) is 0 Å². The van der Waals surface area contributed by atoms with Gasteiger partial charge < -0.3 is 20.6 Å². The van der Waals surface area contributed by atoms with Crippen LogP contribution >= 0.6 is 0 Å². The zero-order chi connectivity index (χ0) is 15.5. The van der Waals surface area contributed by atoms with Gasteiger partial charge in [-0.05, 0) is 39.0 Å². The molecule has 1 aromatic rings. The largest absolute Gasteiger partial charge is 0.397 e. The number of nitrogen functional groups attached to an aromatic ring is 1. The van der Waals surface area contributed by atoms with Crippen LogP contribution in [0.5, 0.6) is 0 Å². The maximum absolute atomic E-state index is 11.9. The Bertz CT molecular complexity index is 478. The number of benzene rings is 1. The zero-order valence-electron chi connectivity index (χ0n) is 13.0. The lowest BCUT2D eigenvalue weighted by molar-refractivity contribution is 0.0826. The first kappa shape index (κ1) is 16.3. The average molecular weight is 279 g/mol. The minimum atomic E-state index is -0.805. The molecule has 0 fully saturated rings. The van der Waals surface area contributed by atoms with Crippen LogP contribution in [0.15, 0.2) is 18.2 Å². The number of nitrogens with two attached hydrogens (primary N) is 1. The second-order valence-electron chi connectivity index (χ2n) is 5.80. The fourth-order valence-electron chi connectivity index (χ4n) is 2.07. The van der Waals surface area contributed by atoms with Gasteiger partial charge in [0.15, 0.2) is 0 Å². The molecule has 0 aliphatic carbocycles. The molecule has 20 heavy (non-hydrogen) atoms. The number of carbonyl (C=O) groups is 1. The third-order valence-electron chi connectivity index (χ3n) is 2.98. The summed E-state index contributed by atoms with van der Waals surface area (Å²) in [6.07, 6.45) is 0. The SMILES string of the molecule is CCN(CC(C)(C)O)c1ccc(C(=O)N(C)C)cc1N. The van der Waals surface area contributed by atoms with E-state index < -0.39 is 5.60 Å². The monoisotopic (exact) mass is 279 g/mol. The van der Waals surface area contributed by atoms with Crippen LogP contribution in [0.4, 0.5) is 11.4 Å². The van der Waals surface area contributed by atoms with E-state index in [0.717, 1.165) is 12.2 Å². The normalized spacial score (nSPS) is 11.3. The van der Waals surface area contributed by atoms with E-state index in [0.29, 0.717) is 17.8 Å². The van der Waals surface area contributed by atoms with Gasteiger partial charge in [-0.25, -0.2) is 0 Å². The van der Waals surface area contributed by atoms with Gasteiger partial charge in [-0.3, -0.25) is 4.79 Å². The van der Waals surface area contributed by atoms with Crippen LogP contribution in [0.2, 0.25) is 0 Å². The Morgan fingerprint density at radius 1 is 1.35 bits per heavy atom. The van der Waals surface area contributed by atoms with Crippen molar-refractivity contribution in [2.45, 2.75) is 26.4 Å². The van der Waals surface area contributed by atoms with Gasteiger partial charge in [-0.15, -0.1) is 0 Å². The van der Waals surface area contributed by atoms with E-state index in [1.54, 1.807) is 40.1 Å². The number of amides is 1. The Kier molecular flexibility index (Phi) is 5.00. The fourth-order valence-corrected chi connectivity index (χ4v) is 2.07. The first-order valence-corrected chi connectivity index (χ1v) is 6.74. The predicted octanol–water partition coefficient (Wildman–Crippen LogP) is 1.57. The standard InChI is InChI=1S/C15H25N3O2/c1-6-18(10-15(2,3)20)13-8-7-11(9-12(13)16)14(19)17(4)5/h7-9,20H,6,10,16H2,1-5H3. The van der Waals surface area contributed by atoms with Crippen LogP contribution in [0.1, 0.15) is 31.1 Å². The number of likely N-dealkylation sites (N-methyl/N-ethyl adjacent to an activating group) is 1. The molecule has 0 saturated heterocycles. The Morgan fingerprint density at radius 3 is 2.35 bits per heavy atom. The lowest BCUT2D eigenvalue weighted by atomic mass is 10.1. The van der Waals surface area contributed by atoms with Gasteiger partial charge in [0.05, 0.1) is 17.0 Å². The summed E-state index contributed by atoms with van der Waals surface area (Å²) in [7, 11) is 3.41. The van der Waals surface area contributed by atoms with E-state index in [-0.39, 0.29) is 5.91 Å². The Hall–Kier alpha value is -1.75. The number of nitrogens with zero attached hydrogens (tertiary/aromatic N) is 2. The lowest BCUT2D eigenvalue weighted by Gasteiger charge is -2.31. The van der Waals surface area contributed by atoms with Crippen molar-refractivity contribution in [3.8, 4) is 0 Å². The number of rotatable bonds is 5. The first-order valence-electron chi connectivity index (χ1n) is 6.74. The Morgan fingerprint density at radius 2 is 1.95 bits per heavy atom. The molecule has 1 amide bonds. The van der Waals surface area contributed by atoms with E-state index in [9.17, 15) is 9.90 Å². The van der Waals surface area contributed by atoms with Crippen LogP contribution in [0.25, 0.3) is 0 Å². The van der Waals surface area contributed by atoms with Crippen molar-refractivity contribution in [3.05, 3.63) is 23.8 Å².